The summed E-state index contributed by atoms with van der Waals surface area (Å²) in [7, 11) is 0. The van der Waals surface area contributed by atoms with E-state index in [2.05, 4.69) is 10.4 Å². The standard InChI is InChI=1S/C16H17ClF3N3O/c1-9-6-10(2)23(22-9)11(3)7-15(24)21-12-4-5-14(17)13(8-12)16(18,19)20/h4-6,8,11H,7H2,1-3H3,(H,21,24)/t11-/m0/s1. The molecule has 0 radical (unpaired) electrons. The number of aryl methyl sites for hydroxylation is 2. The minimum atomic E-state index is -4.57. The van der Waals surface area contributed by atoms with Crippen LogP contribution in [0.3, 0.4) is 0 Å². The van der Waals surface area contributed by atoms with Gasteiger partial charge in [0.05, 0.1) is 22.3 Å². The molecule has 0 aliphatic rings. The lowest BCUT2D eigenvalue weighted by Gasteiger charge is -2.15. The van der Waals surface area contributed by atoms with Crippen molar-refractivity contribution in [3.05, 3.63) is 46.2 Å². The van der Waals surface area contributed by atoms with Crippen LogP contribution in [-0.2, 0) is 11.0 Å². The maximum atomic E-state index is 12.8. The summed E-state index contributed by atoms with van der Waals surface area (Å²) in [5.74, 6) is -0.398. The van der Waals surface area contributed by atoms with Crippen molar-refractivity contribution in [2.24, 2.45) is 0 Å². The predicted molar refractivity (Wildman–Crippen MR) is 86.1 cm³/mol. The number of alkyl halides is 3. The summed E-state index contributed by atoms with van der Waals surface area (Å²) in [4.78, 5) is 12.1. The number of benzene rings is 1. The van der Waals surface area contributed by atoms with Crippen molar-refractivity contribution >= 4 is 23.2 Å². The lowest BCUT2D eigenvalue weighted by Crippen LogP contribution is -2.19. The van der Waals surface area contributed by atoms with Gasteiger partial charge in [-0.3, -0.25) is 9.48 Å². The Kier molecular flexibility index (Phi) is 5.22. The van der Waals surface area contributed by atoms with Gasteiger partial charge in [0.1, 0.15) is 0 Å². The minimum absolute atomic E-state index is 0.0530. The van der Waals surface area contributed by atoms with E-state index in [0.717, 1.165) is 23.5 Å². The molecule has 0 bridgehead atoms. The van der Waals surface area contributed by atoms with Gasteiger partial charge in [0.15, 0.2) is 0 Å². The van der Waals surface area contributed by atoms with Crippen LogP contribution in [0.5, 0.6) is 0 Å². The second-order valence-corrected chi connectivity index (χ2v) is 6.07. The average Bonchev–Trinajstić information content (AvgIpc) is 2.78. The smallest absolute Gasteiger partial charge is 0.326 e. The van der Waals surface area contributed by atoms with E-state index in [9.17, 15) is 18.0 Å². The van der Waals surface area contributed by atoms with Crippen molar-refractivity contribution in [2.45, 2.75) is 39.4 Å². The Morgan fingerprint density at radius 1 is 1.33 bits per heavy atom. The van der Waals surface area contributed by atoms with Crippen molar-refractivity contribution in [2.75, 3.05) is 5.32 Å². The van der Waals surface area contributed by atoms with Crippen LogP contribution in [0, 0.1) is 13.8 Å². The summed E-state index contributed by atoms with van der Waals surface area (Å²) in [5.41, 5.74) is 0.830. The Labute approximate surface area is 142 Å². The highest BCUT2D eigenvalue weighted by molar-refractivity contribution is 6.31. The number of anilines is 1. The van der Waals surface area contributed by atoms with E-state index in [4.69, 9.17) is 11.6 Å². The van der Waals surface area contributed by atoms with Crippen molar-refractivity contribution in [3.63, 3.8) is 0 Å². The predicted octanol–water partition coefficient (Wildman–Crippen LogP) is 4.76. The van der Waals surface area contributed by atoms with E-state index >= 15 is 0 Å². The van der Waals surface area contributed by atoms with E-state index < -0.39 is 22.7 Å². The van der Waals surface area contributed by atoms with Crippen LogP contribution >= 0.6 is 11.6 Å². The number of nitrogens with zero attached hydrogens (tertiary/aromatic N) is 2. The Balaban J connectivity index is 2.09. The van der Waals surface area contributed by atoms with Crippen LogP contribution in [0.15, 0.2) is 24.3 Å². The topological polar surface area (TPSA) is 46.9 Å². The fraction of sp³-hybridized carbons (Fsp3) is 0.375. The van der Waals surface area contributed by atoms with Gasteiger partial charge in [-0.25, -0.2) is 0 Å². The summed E-state index contributed by atoms with van der Waals surface area (Å²) in [6, 6.07) is 4.96. The molecule has 1 atom stereocenters. The van der Waals surface area contributed by atoms with Crippen molar-refractivity contribution in [1.82, 2.24) is 9.78 Å². The molecule has 0 fully saturated rings. The van der Waals surface area contributed by atoms with Crippen molar-refractivity contribution in [1.29, 1.82) is 0 Å². The average molecular weight is 360 g/mol. The number of halogens is 4. The quantitative estimate of drug-likeness (QED) is 0.855. The Hall–Kier alpha value is -2.02. The molecule has 0 aliphatic carbocycles. The molecule has 24 heavy (non-hydrogen) atoms. The summed E-state index contributed by atoms with van der Waals surface area (Å²) in [6.45, 7) is 5.55. The molecule has 8 heteroatoms. The molecule has 1 aromatic carbocycles. The largest absolute Gasteiger partial charge is 0.417 e. The lowest BCUT2D eigenvalue weighted by molar-refractivity contribution is -0.137. The minimum Gasteiger partial charge on any atom is -0.326 e. The second kappa shape index (κ2) is 6.84. The number of hydrogen-bond donors (Lipinski definition) is 1. The van der Waals surface area contributed by atoms with Crippen molar-refractivity contribution < 1.29 is 18.0 Å². The third-order valence-electron chi connectivity index (χ3n) is 3.50. The van der Waals surface area contributed by atoms with Gasteiger partial charge in [-0.05, 0) is 45.0 Å². The molecule has 1 aromatic heterocycles. The van der Waals surface area contributed by atoms with E-state index in [0.29, 0.717) is 0 Å². The van der Waals surface area contributed by atoms with Gasteiger partial charge < -0.3 is 5.32 Å². The summed E-state index contributed by atoms with van der Waals surface area (Å²) < 4.78 is 40.2. The zero-order valence-corrected chi connectivity index (χ0v) is 14.2. The molecule has 0 unspecified atom stereocenters. The summed E-state index contributed by atoms with van der Waals surface area (Å²) in [5, 5.41) is 6.36. The van der Waals surface area contributed by atoms with Crippen molar-refractivity contribution in [3.8, 4) is 0 Å². The number of rotatable bonds is 4. The van der Waals surface area contributed by atoms with Crippen LogP contribution in [0.1, 0.15) is 36.3 Å². The zero-order valence-electron chi connectivity index (χ0n) is 13.4. The van der Waals surface area contributed by atoms with Crippen LogP contribution in [0.2, 0.25) is 5.02 Å². The lowest BCUT2D eigenvalue weighted by atomic mass is 10.1. The van der Waals surface area contributed by atoms with Gasteiger partial charge in [-0.1, -0.05) is 11.6 Å². The molecular formula is C16H17ClF3N3O. The van der Waals surface area contributed by atoms with Gasteiger partial charge in [0, 0.05) is 17.8 Å². The second-order valence-electron chi connectivity index (χ2n) is 5.67. The van der Waals surface area contributed by atoms with Crippen LogP contribution in [0.25, 0.3) is 0 Å². The van der Waals surface area contributed by atoms with E-state index in [1.165, 1.54) is 6.07 Å². The normalized spacial score (nSPS) is 13.0. The fourth-order valence-corrected chi connectivity index (χ4v) is 2.70. The molecule has 0 saturated heterocycles. The number of amides is 1. The van der Waals surface area contributed by atoms with Gasteiger partial charge in [0.2, 0.25) is 5.91 Å². The third kappa shape index (κ3) is 4.29. The van der Waals surface area contributed by atoms with Crippen LogP contribution in [-0.4, -0.2) is 15.7 Å². The molecule has 2 aromatic rings. The van der Waals surface area contributed by atoms with Gasteiger partial charge in [-0.2, -0.15) is 18.3 Å². The molecule has 4 nitrogen and oxygen atoms in total. The maximum Gasteiger partial charge on any atom is 0.417 e. The molecule has 0 aliphatic heterocycles. The molecule has 2 rings (SSSR count). The van der Waals surface area contributed by atoms with E-state index in [1.54, 1.807) is 4.68 Å². The van der Waals surface area contributed by atoms with Crippen LogP contribution < -0.4 is 5.32 Å². The molecule has 0 spiro atoms. The first-order chi connectivity index (χ1) is 11.1. The Morgan fingerprint density at radius 3 is 2.54 bits per heavy atom. The number of carbonyl (C=O) groups is 1. The van der Waals surface area contributed by atoms with Gasteiger partial charge in [0.25, 0.3) is 0 Å². The summed E-state index contributed by atoms with van der Waals surface area (Å²) >= 11 is 5.56. The molecule has 0 saturated carbocycles. The third-order valence-corrected chi connectivity index (χ3v) is 3.83. The number of nitrogens with one attached hydrogen (secondary N) is 1. The van der Waals surface area contributed by atoms with E-state index in [-0.39, 0.29) is 18.2 Å². The van der Waals surface area contributed by atoms with Crippen LogP contribution in [0.4, 0.5) is 18.9 Å². The maximum absolute atomic E-state index is 12.8. The highest BCUT2D eigenvalue weighted by atomic mass is 35.5. The molecular weight excluding hydrogens is 343 g/mol. The van der Waals surface area contributed by atoms with Gasteiger partial charge >= 0.3 is 6.18 Å². The molecule has 1 heterocycles. The Bertz CT molecular complexity index is 756. The number of hydrogen-bond acceptors (Lipinski definition) is 2. The summed E-state index contributed by atoms with van der Waals surface area (Å²) in [6.07, 6.45) is -4.49. The highest BCUT2D eigenvalue weighted by Gasteiger charge is 2.33. The molecule has 130 valence electrons. The Morgan fingerprint density at radius 2 is 2.00 bits per heavy atom. The first-order valence-corrected chi connectivity index (χ1v) is 7.65. The number of carbonyl (C=O) groups excluding carboxylic acids is 1. The molecule has 1 amide bonds. The zero-order chi connectivity index (χ0) is 18.1. The SMILES string of the molecule is Cc1cc(C)n([C@@H](C)CC(=O)Nc2ccc(Cl)c(C(F)(F)F)c2)n1. The number of aromatic nitrogens is 2. The molecule has 1 N–H and O–H groups in total. The highest BCUT2D eigenvalue weighted by Crippen LogP contribution is 2.36. The monoisotopic (exact) mass is 359 g/mol. The van der Waals surface area contributed by atoms with Gasteiger partial charge in [-0.15, -0.1) is 0 Å². The first kappa shape index (κ1) is 18.3. The van der Waals surface area contributed by atoms with E-state index in [1.807, 2.05) is 26.8 Å². The fourth-order valence-electron chi connectivity index (χ4n) is 2.48. The first-order valence-electron chi connectivity index (χ1n) is 7.27.